The van der Waals surface area contributed by atoms with E-state index in [2.05, 4.69) is 48.8 Å². The zero-order chi connectivity index (χ0) is 14.1. The van der Waals surface area contributed by atoms with Crippen molar-refractivity contribution in [2.75, 3.05) is 6.54 Å². The number of aromatic nitrogens is 2. The fraction of sp³-hybridized carbons (Fsp3) is 0.812. The van der Waals surface area contributed by atoms with Gasteiger partial charge in [-0.1, -0.05) is 33.6 Å². The number of aryl methyl sites for hydroxylation is 1. The van der Waals surface area contributed by atoms with E-state index in [4.69, 9.17) is 0 Å². The van der Waals surface area contributed by atoms with Crippen LogP contribution in [0.2, 0.25) is 0 Å². The molecule has 0 aliphatic heterocycles. The number of hydrogen-bond acceptors (Lipinski definition) is 2. The van der Waals surface area contributed by atoms with Crippen molar-refractivity contribution in [1.82, 2.24) is 14.9 Å². The fourth-order valence-electron chi connectivity index (χ4n) is 2.85. The molecule has 3 heteroatoms. The van der Waals surface area contributed by atoms with Crippen LogP contribution in [0.3, 0.4) is 0 Å². The molecule has 0 aromatic carbocycles. The lowest BCUT2D eigenvalue weighted by atomic mass is 9.89. The smallest absolute Gasteiger partial charge is 0.126 e. The summed E-state index contributed by atoms with van der Waals surface area (Å²) >= 11 is 0. The SMILES string of the molecule is CCCNC(c1nccn1CC)C(CCC)CCC. The second kappa shape index (κ2) is 9.13. The molecule has 0 aliphatic carbocycles. The van der Waals surface area contributed by atoms with Gasteiger partial charge in [-0.2, -0.15) is 0 Å². The second-order valence-corrected chi connectivity index (χ2v) is 5.34. The maximum Gasteiger partial charge on any atom is 0.126 e. The Bertz CT molecular complexity index is 326. The third kappa shape index (κ3) is 4.64. The van der Waals surface area contributed by atoms with Gasteiger partial charge in [-0.25, -0.2) is 4.98 Å². The molecule has 0 radical (unpaired) electrons. The summed E-state index contributed by atoms with van der Waals surface area (Å²) in [5.41, 5.74) is 0. The van der Waals surface area contributed by atoms with E-state index in [-0.39, 0.29) is 0 Å². The third-order valence-electron chi connectivity index (χ3n) is 3.77. The summed E-state index contributed by atoms with van der Waals surface area (Å²) in [5.74, 6) is 1.93. The van der Waals surface area contributed by atoms with Crippen LogP contribution in [0.15, 0.2) is 12.4 Å². The molecule has 1 unspecified atom stereocenters. The number of hydrogen-bond donors (Lipinski definition) is 1. The molecule has 1 rings (SSSR count). The standard InChI is InChI=1S/C16H31N3/c1-5-9-14(10-6-2)15(17-11-7-3)16-18-12-13-19(16)8-4/h12-15,17H,5-11H2,1-4H3. The lowest BCUT2D eigenvalue weighted by molar-refractivity contribution is 0.299. The fourth-order valence-corrected chi connectivity index (χ4v) is 2.85. The number of rotatable bonds is 10. The van der Waals surface area contributed by atoms with Gasteiger partial charge >= 0.3 is 0 Å². The molecule has 0 amide bonds. The molecule has 1 aromatic rings. The van der Waals surface area contributed by atoms with Crippen molar-refractivity contribution >= 4 is 0 Å². The highest BCUT2D eigenvalue weighted by atomic mass is 15.1. The number of nitrogens with one attached hydrogen (secondary N) is 1. The molecule has 0 bridgehead atoms. The van der Waals surface area contributed by atoms with Crippen LogP contribution in [0.4, 0.5) is 0 Å². The Kier molecular flexibility index (Phi) is 7.80. The Morgan fingerprint density at radius 2 is 1.79 bits per heavy atom. The summed E-state index contributed by atoms with van der Waals surface area (Å²) in [6, 6.07) is 0.412. The largest absolute Gasteiger partial charge is 0.334 e. The van der Waals surface area contributed by atoms with Gasteiger partial charge in [0, 0.05) is 18.9 Å². The van der Waals surface area contributed by atoms with Crippen LogP contribution >= 0.6 is 0 Å². The van der Waals surface area contributed by atoms with Crippen LogP contribution in [0.1, 0.15) is 71.7 Å². The molecule has 0 spiro atoms. The molecular weight excluding hydrogens is 234 g/mol. The van der Waals surface area contributed by atoms with E-state index in [1.165, 1.54) is 37.9 Å². The zero-order valence-electron chi connectivity index (χ0n) is 13.2. The molecule has 1 N–H and O–H groups in total. The highest BCUT2D eigenvalue weighted by Crippen LogP contribution is 2.29. The molecule has 19 heavy (non-hydrogen) atoms. The third-order valence-corrected chi connectivity index (χ3v) is 3.77. The first-order valence-electron chi connectivity index (χ1n) is 8.02. The average Bonchev–Trinajstić information content (AvgIpc) is 2.88. The average molecular weight is 265 g/mol. The summed E-state index contributed by atoms with van der Waals surface area (Å²) in [6.07, 6.45) is 10.3. The lowest BCUT2D eigenvalue weighted by Gasteiger charge is -2.28. The first-order chi connectivity index (χ1) is 9.28. The van der Waals surface area contributed by atoms with E-state index in [9.17, 15) is 0 Å². The van der Waals surface area contributed by atoms with E-state index in [1.807, 2.05) is 6.20 Å². The number of imidazole rings is 1. The van der Waals surface area contributed by atoms with Gasteiger partial charge < -0.3 is 9.88 Å². The van der Waals surface area contributed by atoms with Gasteiger partial charge in [-0.15, -0.1) is 0 Å². The van der Waals surface area contributed by atoms with Crippen molar-refractivity contribution in [3.8, 4) is 0 Å². The molecule has 110 valence electrons. The van der Waals surface area contributed by atoms with Crippen LogP contribution in [0, 0.1) is 5.92 Å². The van der Waals surface area contributed by atoms with Crippen LogP contribution in [-0.2, 0) is 6.54 Å². The summed E-state index contributed by atoms with van der Waals surface area (Å²) in [4.78, 5) is 4.63. The first kappa shape index (κ1) is 16.2. The molecule has 0 fully saturated rings. The van der Waals surface area contributed by atoms with Gasteiger partial charge in [0.15, 0.2) is 0 Å². The first-order valence-corrected chi connectivity index (χ1v) is 8.02. The zero-order valence-corrected chi connectivity index (χ0v) is 13.2. The van der Waals surface area contributed by atoms with E-state index >= 15 is 0 Å². The van der Waals surface area contributed by atoms with Crippen molar-refractivity contribution in [3.05, 3.63) is 18.2 Å². The van der Waals surface area contributed by atoms with Gasteiger partial charge in [0.25, 0.3) is 0 Å². The Morgan fingerprint density at radius 3 is 2.32 bits per heavy atom. The van der Waals surface area contributed by atoms with E-state index < -0.39 is 0 Å². The predicted octanol–water partition coefficient (Wildman–Crippen LogP) is 4.16. The highest BCUT2D eigenvalue weighted by Gasteiger charge is 2.24. The van der Waals surface area contributed by atoms with Crippen LogP contribution in [0.25, 0.3) is 0 Å². The highest BCUT2D eigenvalue weighted by molar-refractivity contribution is 5.02. The van der Waals surface area contributed by atoms with Crippen molar-refractivity contribution < 1.29 is 0 Å². The van der Waals surface area contributed by atoms with Crippen molar-refractivity contribution in [1.29, 1.82) is 0 Å². The minimum absolute atomic E-state index is 0.412. The van der Waals surface area contributed by atoms with E-state index in [1.54, 1.807) is 0 Å². The molecule has 0 saturated heterocycles. The minimum atomic E-state index is 0.412. The number of nitrogens with zero attached hydrogens (tertiary/aromatic N) is 2. The van der Waals surface area contributed by atoms with Gasteiger partial charge in [0.1, 0.15) is 5.82 Å². The molecule has 1 aromatic heterocycles. The summed E-state index contributed by atoms with van der Waals surface area (Å²) in [6.45, 7) is 11.1. The van der Waals surface area contributed by atoms with Crippen molar-refractivity contribution in [2.45, 2.75) is 72.4 Å². The second-order valence-electron chi connectivity index (χ2n) is 5.34. The summed E-state index contributed by atoms with van der Waals surface area (Å²) in [7, 11) is 0. The molecule has 1 atom stereocenters. The molecule has 3 nitrogen and oxygen atoms in total. The van der Waals surface area contributed by atoms with Crippen LogP contribution in [-0.4, -0.2) is 16.1 Å². The predicted molar refractivity (Wildman–Crippen MR) is 82.2 cm³/mol. The summed E-state index contributed by atoms with van der Waals surface area (Å²) in [5, 5.41) is 3.73. The van der Waals surface area contributed by atoms with Gasteiger partial charge in [-0.3, -0.25) is 0 Å². The quantitative estimate of drug-likeness (QED) is 0.688. The normalized spacial score (nSPS) is 13.1. The maximum atomic E-state index is 4.63. The monoisotopic (exact) mass is 265 g/mol. The van der Waals surface area contributed by atoms with E-state index in [0.29, 0.717) is 12.0 Å². The van der Waals surface area contributed by atoms with E-state index in [0.717, 1.165) is 13.1 Å². The van der Waals surface area contributed by atoms with Gasteiger partial charge in [-0.05, 0) is 38.6 Å². The van der Waals surface area contributed by atoms with Gasteiger partial charge in [0.2, 0.25) is 0 Å². The Labute approximate surface area is 118 Å². The molecule has 0 saturated carbocycles. The topological polar surface area (TPSA) is 29.9 Å². The molecule has 0 aliphatic rings. The van der Waals surface area contributed by atoms with Crippen LogP contribution in [0.5, 0.6) is 0 Å². The Morgan fingerprint density at radius 1 is 1.11 bits per heavy atom. The molecule has 1 heterocycles. The lowest BCUT2D eigenvalue weighted by Crippen LogP contribution is -2.31. The Balaban J connectivity index is 2.90. The van der Waals surface area contributed by atoms with Crippen LogP contribution < -0.4 is 5.32 Å². The Hall–Kier alpha value is -0.830. The maximum absolute atomic E-state index is 4.63. The molecular formula is C16H31N3. The van der Waals surface area contributed by atoms with Crippen molar-refractivity contribution in [3.63, 3.8) is 0 Å². The van der Waals surface area contributed by atoms with Crippen molar-refractivity contribution in [2.24, 2.45) is 5.92 Å². The van der Waals surface area contributed by atoms with Gasteiger partial charge in [0.05, 0.1) is 6.04 Å². The minimum Gasteiger partial charge on any atom is -0.334 e. The summed E-state index contributed by atoms with van der Waals surface area (Å²) < 4.78 is 2.28.